The van der Waals surface area contributed by atoms with Crippen LogP contribution in [0.15, 0.2) is 30.3 Å². The highest BCUT2D eigenvalue weighted by molar-refractivity contribution is 5.81. The minimum absolute atomic E-state index is 0.159. The molecule has 3 rings (SSSR count). The monoisotopic (exact) mass is 292 g/mol. The van der Waals surface area contributed by atoms with Gasteiger partial charge in [0.1, 0.15) is 11.7 Å². The van der Waals surface area contributed by atoms with E-state index in [1.54, 1.807) is 0 Å². The number of ketones is 1. The summed E-state index contributed by atoms with van der Waals surface area (Å²) in [6, 6.07) is 14.5. The van der Waals surface area contributed by atoms with E-state index in [1.165, 1.54) is 5.56 Å². The highest BCUT2D eigenvalue weighted by Crippen LogP contribution is 2.58. The third-order valence-electron chi connectivity index (χ3n) is 5.67. The molecule has 0 heterocycles. The Balaban J connectivity index is 2.06. The molecule has 0 N–H and O–H groups in total. The number of benzene rings is 1. The van der Waals surface area contributed by atoms with Gasteiger partial charge in [0.05, 0.1) is 12.1 Å². The van der Waals surface area contributed by atoms with E-state index in [2.05, 4.69) is 24.3 Å². The molecule has 0 unspecified atom stereocenters. The normalized spacial score (nSPS) is 31.1. The molecule has 3 heteroatoms. The van der Waals surface area contributed by atoms with Crippen molar-refractivity contribution in [2.45, 2.75) is 44.4 Å². The molecule has 2 aliphatic rings. The molecule has 112 valence electrons. The fourth-order valence-electron chi connectivity index (χ4n) is 4.74. The summed E-state index contributed by atoms with van der Waals surface area (Å²) in [6.45, 7) is 0. The molecule has 3 atom stereocenters. The fourth-order valence-corrected chi connectivity index (χ4v) is 4.74. The van der Waals surface area contributed by atoms with Crippen LogP contribution >= 0.6 is 0 Å². The lowest BCUT2D eigenvalue weighted by Crippen LogP contribution is -2.47. The van der Waals surface area contributed by atoms with Crippen LogP contribution < -0.4 is 0 Å². The van der Waals surface area contributed by atoms with Crippen molar-refractivity contribution in [1.82, 2.24) is 0 Å². The van der Waals surface area contributed by atoms with E-state index in [1.807, 2.05) is 18.2 Å². The van der Waals surface area contributed by atoms with Gasteiger partial charge in [-0.2, -0.15) is 10.5 Å². The van der Waals surface area contributed by atoms with Crippen LogP contribution in [0.25, 0.3) is 0 Å². The Morgan fingerprint density at radius 1 is 1.14 bits per heavy atom. The number of carbonyl (C=O) groups is 1. The van der Waals surface area contributed by atoms with Crippen LogP contribution in [-0.2, 0) is 4.79 Å². The predicted molar refractivity (Wildman–Crippen MR) is 82.5 cm³/mol. The van der Waals surface area contributed by atoms with E-state index in [-0.39, 0.29) is 17.6 Å². The molecule has 0 amide bonds. The number of rotatable bonds is 2. The SMILES string of the molecule is N#CC(C#N)[C@]12CCCC[C@H]1[C@H](c1ccccc1)CC(=O)C2. The molecule has 22 heavy (non-hydrogen) atoms. The van der Waals surface area contributed by atoms with Crippen LogP contribution in [0.3, 0.4) is 0 Å². The zero-order valence-corrected chi connectivity index (χ0v) is 12.7. The van der Waals surface area contributed by atoms with Crippen LogP contribution in [-0.4, -0.2) is 5.78 Å². The van der Waals surface area contributed by atoms with Gasteiger partial charge >= 0.3 is 0 Å². The second kappa shape index (κ2) is 5.93. The average Bonchev–Trinajstić information content (AvgIpc) is 2.55. The lowest BCUT2D eigenvalue weighted by atomic mass is 9.50. The zero-order valence-electron chi connectivity index (χ0n) is 12.7. The van der Waals surface area contributed by atoms with Gasteiger partial charge in [0, 0.05) is 18.3 Å². The number of carbonyl (C=O) groups excluding carboxylic acids is 1. The number of nitrogens with zero attached hydrogens (tertiary/aromatic N) is 2. The number of hydrogen-bond acceptors (Lipinski definition) is 3. The van der Waals surface area contributed by atoms with E-state index in [0.29, 0.717) is 12.8 Å². The summed E-state index contributed by atoms with van der Waals surface area (Å²) in [7, 11) is 0. The van der Waals surface area contributed by atoms with Gasteiger partial charge in [-0.15, -0.1) is 0 Å². The Morgan fingerprint density at radius 2 is 1.86 bits per heavy atom. The molecule has 2 fully saturated rings. The minimum atomic E-state index is -0.673. The molecule has 0 radical (unpaired) electrons. The summed E-state index contributed by atoms with van der Waals surface area (Å²) in [5.74, 6) is -0.0339. The van der Waals surface area contributed by atoms with Crippen molar-refractivity contribution >= 4 is 5.78 Å². The van der Waals surface area contributed by atoms with Gasteiger partial charge < -0.3 is 0 Å². The van der Waals surface area contributed by atoms with E-state index in [4.69, 9.17) is 0 Å². The van der Waals surface area contributed by atoms with Crippen molar-refractivity contribution in [2.75, 3.05) is 0 Å². The molecule has 0 spiro atoms. The molecule has 2 aliphatic carbocycles. The lowest BCUT2D eigenvalue weighted by Gasteiger charge is -2.51. The highest BCUT2D eigenvalue weighted by atomic mass is 16.1. The number of hydrogen-bond donors (Lipinski definition) is 0. The second-order valence-corrected chi connectivity index (χ2v) is 6.71. The van der Waals surface area contributed by atoms with E-state index >= 15 is 0 Å². The van der Waals surface area contributed by atoms with Gasteiger partial charge in [0.15, 0.2) is 0 Å². The van der Waals surface area contributed by atoms with E-state index < -0.39 is 11.3 Å². The standard InChI is InChI=1S/C19H20N2O/c20-12-15(13-21)19-9-5-4-8-18(19)17(10-16(22)11-19)14-6-2-1-3-7-14/h1-3,6-7,15,17-18H,4-5,8-11H2/t17-,18-,19+/m0/s1. The third kappa shape index (κ3) is 2.32. The molecular formula is C19H20N2O. The maximum atomic E-state index is 12.4. The highest BCUT2D eigenvalue weighted by Gasteiger charge is 2.54. The molecule has 0 saturated heterocycles. The molecule has 3 nitrogen and oxygen atoms in total. The topological polar surface area (TPSA) is 64.7 Å². The summed E-state index contributed by atoms with van der Waals surface area (Å²) < 4.78 is 0. The van der Waals surface area contributed by atoms with Crippen LogP contribution in [0, 0.1) is 39.9 Å². The van der Waals surface area contributed by atoms with Crippen molar-refractivity contribution in [3.63, 3.8) is 0 Å². The van der Waals surface area contributed by atoms with E-state index in [9.17, 15) is 15.3 Å². The number of Topliss-reactive ketones (excluding diaryl/α,β-unsaturated/α-hetero) is 1. The van der Waals surface area contributed by atoms with Gasteiger partial charge in [-0.05, 0) is 30.2 Å². The Bertz CT molecular complexity index is 626. The van der Waals surface area contributed by atoms with Crippen molar-refractivity contribution in [2.24, 2.45) is 17.3 Å². The number of nitriles is 2. The molecule has 0 aliphatic heterocycles. The van der Waals surface area contributed by atoms with Crippen molar-refractivity contribution in [3.05, 3.63) is 35.9 Å². The van der Waals surface area contributed by atoms with Crippen LogP contribution in [0.4, 0.5) is 0 Å². The van der Waals surface area contributed by atoms with Gasteiger partial charge in [0.25, 0.3) is 0 Å². The quantitative estimate of drug-likeness (QED) is 0.828. The molecule has 0 bridgehead atoms. The van der Waals surface area contributed by atoms with Crippen LogP contribution in [0.1, 0.15) is 50.0 Å². The molecule has 2 saturated carbocycles. The second-order valence-electron chi connectivity index (χ2n) is 6.71. The van der Waals surface area contributed by atoms with Crippen molar-refractivity contribution < 1.29 is 4.79 Å². The molecular weight excluding hydrogens is 272 g/mol. The van der Waals surface area contributed by atoms with Crippen molar-refractivity contribution in [3.8, 4) is 12.1 Å². The van der Waals surface area contributed by atoms with Gasteiger partial charge in [-0.1, -0.05) is 43.2 Å². The first-order valence-corrected chi connectivity index (χ1v) is 8.07. The average molecular weight is 292 g/mol. The van der Waals surface area contributed by atoms with Crippen LogP contribution in [0.5, 0.6) is 0 Å². The first kappa shape index (κ1) is 14.8. The van der Waals surface area contributed by atoms with Gasteiger partial charge in [-0.3, -0.25) is 4.79 Å². The molecule has 1 aromatic carbocycles. The first-order chi connectivity index (χ1) is 10.7. The molecule has 1 aromatic rings. The van der Waals surface area contributed by atoms with Gasteiger partial charge in [-0.25, -0.2) is 0 Å². The smallest absolute Gasteiger partial charge is 0.139 e. The summed E-state index contributed by atoms with van der Waals surface area (Å²) in [6.07, 6.45) is 4.97. The Hall–Kier alpha value is -2.13. The van der Waals surface area contributed by atoms with E-state index in [0.717, 1.165) is 25.7 Å². The van der Waals surface area contributed by atoms with Gasteiger partial charge in [0.2, 0.25) is 0 Å². The van der Waals surface area contributed by atoms with Crippen LogP contribution in [0.2, 0.25) is 0 Å². The number of fused-ring (bicyclic) bond motifs is 1. The lowest BCUT2D eigenvalue weighted by molar-refractivity contribution is -0.130. The third-order valence-corrected chi connectivity index (χ3v) is 5.67. The Morgan fingerprint density at radius 3 is 2.55 bits per heavy atom. The minimum Gasteiger partial charge on any atom is -0.300 e. The Kier molecular flexibility index (Phi) is 3.99. The maximum Gasteiger partial charge on any atom is 0.139 e. The Labute approximate surface area is 131 Å². The fraction of sp³-hybridized carbons (Fsp3) is 0.526. The van der Waals surface area contributed by atoms with Crippen molar-refractivity contribution in [1.29, 1.82) is 10.5 Å². The first-order valence-electron chi connectivity index (χ1n) is 8.07. The largest absolute Gasteiger partial charge is 0.300 e. The maximum absolute atomic E-state index is 12.4. The summed E-state index contributed by atoms with van der Waals surface area (Å²) in [4.78, 5) is 12.4. The summed E-state index contributed by atoms with van der Waals surface area (Å²) >= 11 is 0. The predicted octanol–water partition coefficient (Wildman–Crippen LogP) is 3.97. The zero-order chi connectivity index (χ0) is 15.6. The summed E-state index contributed by atoms with van der Waals surface area (Å²) in [5.41, 5.74) is 0.749. The summed E-state index contributed by atoms with van der Waals surface area (Å²) in [5, 5.41) is 18.9. The molecule has 0 aromatic heterocycles.